The number of hydrogen-bond acceptors (Lipinski definition) is 4. The molecule has 2 aliphatic rings. The van der Waals surface area contributed by atoms with Crippen LogP contribution in [-0.2, 0) is 14.0 Å². The minimum Gasteiger partial charge on any atom is -0.462 e. The summed E-state index contributed by atoms with van der Waals surface area (Å²) >= 11 is 0. The normalized spacial score (nSPS) is 30.5. The summed E-state index contributed by atoms with van der Waals surface area (Å²) in [5, 5.41) is 10.7. The monoisotopic (exact) mass is 396 g/mol. The Morgan fingerprint density at radius 1 is 1.22 bits per heavy atom. The fraction of sp³-hybridized carbons (Fsp3) is 0.864. The fourth-order valence-electron chi connectivity index (χ4n) is 4.75. The Hall–Kier alpha value is -0.653. The van der Waals surface area contributed by atoms with Gasteiger partial charge in [0.15, 0.2) is 8.32 Å². The summed E-state index contributed by atoms with van der Waals surface area (Å²) in [6, 6.07) is 3.37. The number of unbranched alkanes of at least 4 members (excludes halogenated alkanes) is 2. The molecule has 0 radical (unpaired) electrons. The lowest BCUT2D eigenvalue weighted by Crippen LogP contribution is -2.41. The van der Waals surface area contributed by atoms with Gasteiger partial charge in [-0.2, -0.15) is 0 Å². The largest absolute Gasteiger partial charge is 0.462 e. The molecule has 0 amide bonds. The number of fused-ring (bicyclic) bond motifs is 1. The average Bonchev–Trinajstić information content (AvgIpc) is 3.13. The van der Waals surface area contributed by atoms with Gasteiger partial charge in [-0.25, -0.2) is 0 Å². The van der Waals surface area contributed by atoms with Crippen LogP contribution >= 0.6 is 0 Å². The zero-order valence-corrected chi connectivity index (χ0v) is 19.0. The van der Waals surface area contributed by atoms with Crippen molar-refractivity contribution < 1.29 is 19.1 Å². The lowest BCUT2D eigenvalue weighted by atomic mass is 9.89. The second-order valence-corrected chi connectivity index (χ2v) is 13.5. The van der Waals surface area contributed by atoms with Crippen molar-refractivity contribution in [1.29, 1.82) is 0 Å². The topological polar surface area (TPSA) is 55.8 Å². The van der Waals surface area contributed by atoms with Gasteiger partial charge in [-0.1, -0.05) is 59.1 Å². The third kappa shape index (κ3) is 5.67. The van der Waals surface area contributed by atoms with E-state index in [2.05, 4.69) is 33.8 Å². The van der Waals surface area contributed by atoms with Crippen LogP contribution in [-0.4, -0.2) is 37.2 Å². The quantitative estimate of drug-likeness (QED) is 0.225. The van der Waals surface area contributed by atoms with Crippen molar-refractivity contribution in [2.24, 2.45) is 11.8 Å². The molecular formula is C22H40O4Si. The van der Waals surface area contributed by atoms with E-state index in [9.17, 15) is 9.90 Å². The molecule has 0 aromatic heterocycles. The predicted molar refractivity (Wildman–Crippen MR) is 112 cm³/mol. The van der Waals surface area contributed by atoms with Crippen LogP contribution in [0.25, 0.3) is 0 Å². The molecular weight excluding hydrogens is 356 g/mol. The van der Waals surface area contributed by atoms with Crippen molar-refractivity contribution in [3.05, 3.63) is 12.2 Å². The van der Waals surface area contributed by atoms with E-state index in [1.54, 1.807) is 0 Å². The number of hydrogen-bond donors (Lipinski definition) is 1. The molecule has 1 heterocycles. The Balaban J connectivity index is 2.14. The summed E-state index contributed by atoms with van der Waals surface area (Å²) < 4.78 is 12.4. The predicted octanol–water partition coefficient (Wildman–Crippen LogP) is 5.22. The molecule has 2 rings (SSSR count). The Bertz CT molecular complexity index is 504. The molecule has 1 aliphatic carbocycles. The van der Waals surface area contributed by atoms with Crippen molar-refractivity contribution in [3.63, 3.8) is 0 Å². The summed E-state index contributed by atoms with van der Waals surface area (Å²) in [5.41, 5.74) is -0.796. The maximum Gasteiger partial charge on any atom is 0.306 e. The SMILES string of the molecule is CCCCCC(C)(O)/C=C/[C@@H]1C2CC(=O)O[C@H]2C[C@H]1O[Si](CC)(CC)CC. The molecule has 5 heteroatoms. The molecule has 1 aliphatic heterocycles. The van der Waals surface area contributed by atoms with Gasteiger partial charge >= 0.3 is 5.97 Å². The molecule has 4 nitrogen and oxygen atoms in total. The summed E-state index contributed by atoms with van der Waals surface area (Å²) in [7, 11) is -1.73. The van der Waals surface area contributed by atoms with Crippen molar-refractivity contribution in [2.45, 2.75) is 109 Å². The molecule has 2 unspecified atom stereocenters. The number of rotatable bonds is 11. The lowest BCUT2D eigenvalue weighted by molar-refractivity contribution is -0.141. The number of ether oxygens (including phenoxy) is 1. The highest BCUT2D eigenvalue weighted by Crippen LogP contribution is 2.45. The van der Waals surface area contributed by atoms with Gasteiger partial charge in [0.25, 0.3) is 0 Å². The van der Waals surface area contributed by atoms with Crippen molar-refractivity contribution in [3.8, 4) is 0 Å². The van der Waals surface area contributed by atoms with Gasteiger partial charge < -0.3 is 14.3 Å². The number of aliphatic hydroxyl groups is 1. The first kappa shape index (κ1) is 22.6. The van der Waals surface area contributed by atoms with E-state index in [1.165, 1.54) is 0 Å². The molecule has 0 bridgehead atoms. The lowest BCUT2D eigenvalue weighted by Gasteiger charge is -2.34. The van der Waals surface area contributed by atoms with Gasteiger partial charge in [0.2, 0.25) is 0 Å². The fourth-order valence-corrected chi connectivity index (χ4v) is 7.64. The second kappa shape index (κ2) is 9.70. The van der Waals surface area contributed by atoms with E-state index in [0.717, 1.165) is 50.2 Å². The first-order valence-electron chi connectivity index (χ1n) is 11.1. The van der Waals surface area contributed by atoms with E-state index >= 15 is 0 Å². The zero-order chi connectivity index (χ0) is 20.1. The van der Waals surface area contributed by atoms with Gasteiger partial charge in [-0.15, -0.1) is 0 Å². The average molecular weight is 397 g/mol. The van der Waals surface area contributed by atoms with Gasteiger partial charge in [0.05, 0.1) is 18.1 Å². The van der Waals surface area contributed by atoms with Gasteiger partial charge in [0, 0.05) is 18.3 Å². The third-order valence-corrected chi connectivity index (χ3v) is 11.5. The zero-order valence-electron chi connectivity index (χ0n) is 18.0. The first-order chi connectivity index (χ1) is 12.8. The third-order valence-electron chi connectivity index (χ3n) is 6.85. The van der Waals surface area contributed by atoms with Crippen LogP contribution < -0.4 is 0 Å². The van der Waals surface area contributed by atoms with Crippen molar-refractivity contribution in [1.82, 2.24) is 0 Å². The van der Waals surface area contributed by atoms with Gasteiger partial charge in [0.1, 0.15) is 6.10 Å². The number of carbonyl (C=O) groups is 1. The maximum absolute atomic E-state index is 11.8. The maximum atomic E-state index is 11.8. The molecule has 156 valence electrons. The highest BCUT2D eigenvalue weighted by molar-refractivity contribution is 6.73. The highest BCUT2D eigenvalue weighted by Gasteiger charge is 2.51. The Kier molecular flexibility index (Phi) is 8.14. The van der Waals surface area contributed by atoms with E-state index < -0.39 is 13.9 Å². The number of esters is 1. The van der Waals surface area contributed by atoms with E-state index in [4.69, 9.17) is 9.16 Å². The minimum atomic E-state index is -1.73. The molecule has 1 saturated carbocycles. The molecule has 2 fully saturated rings. The Morgan fingerprint density at radius 2 is 1.89 bits per heavy atom. The van der Waals surface area contributed by atoms with Crippen LogP contribution in [0.1, 0.15) is 73.1 Å². The summed E-state index contributed by atoms with van der Waals surface area (Å²) in [6.45, 7) is 10.8. The molecule has 1 saturated heterocycles. The summed E-state index contributed by atoms with van der Waals surface area (Å²) in [5.74, 6) is 0.277. The molecule has 1 N–H and O–H groups in total. The van der Waals surface area contributed by atoms with E-state index in [0.29, 0.717) is 6.42 Å². The van der Waals surface area contributed by atoms with Gasteiger partial charge in [-0.05, 0) is 31.5 Å². The van der Waals surface area contributed by atoms with Crippen LogP contribution in [0.3, 0.4) is 0 Å². The van der Waals surface area contributed by atoms with Crippen LogP contribution in [0.5, 0.6) is 0 Å². The van der Waals surface area contributed by atoms with Crippen LogP contribution in [0, 0.1) is 11.8 Å². The smallest absolute Gasteiger partial charge is 0.306 e. The second-order valence-electron chi connectivity index (χ2n) is 8.78. The standard InChI is InChI=1S/C22H40O4Si/c1-6-10-11-13-22(5,24)14-12-17-18-15-21(23)25-19(18)16-20(17)26-27(7-2,8-3)9-4/h12,14,17-20,24H,6-11,13,15-16H2,1-5H3/b14-12+/t17-,18?,19+,20-,22?/m1/s1. The van der Waals surface area contributed by atoms with Crippen molar-refractivity contribution in [2.75, 3.05) is 0 Å². The van der Waals surface area contributed by atoms with E-state index in [-0.39, 0.29) is 30.0 Å². The minimum absolute atomic E-state index is 0.0144. The molecule has 0 aromatic carbocycles. The van der Waals surface area contributed by atoms with Crippen LogP contribution in [0.15, 0.2) is 12.2 Å². The summed E-state index contributed by atoms with van der Waals surface area (Å²) in [4.78, 5) is 11.8. The molecule has 0 spiro atoms. The number of carbonyl (C=O) groups excluding carboxylic acids is 1. The molecule has 27 heavy (non-hydrogen) atoms. The Labute approximate surface area is 166 Å². The van der Waals surface area contributed by atoms with E-state index in [1.807, 2.05) is 13.0 Å². The van der Waals surface area contributed by atoms with Crippen molar-refractivity contribution >= 4 is 14.3 Å². The van der Waals surface area contributed by atoms with Crippen LogP contribution in [0.4, 0.5) is 0 Å². The first-order valence-corrected chi connectivity index (χ1v) is 13.6. The molecule has 0 aromatic rings. The van der Waals surface area contributed by atoms with Gasteiger partial charge in [-0.3, -0.25) is 4.79 Å². The highest BCUT2D eigenvalue weighted by atomic mass is 28.4. The molecule has 5 atom stereocenters. The van der Waals surface area contributed by atoms with Crippen LogP contribution in [0.2, 0.25) is 18.1 Å². The Morgan fingerprint density at radius 3 is 2.48 bits per heavy atom. The summed E-state index contributed by atoms with van der Waals surface area (Å²) in [6.07, 6.45) is 9.59.